The molecule has 2 aromatic carbocycles. The van der Waals surface area contributed by atoms with Crippen LogP contribution in [0.25, 0.3) is 0 Å². The molecule has 2 aromatic rings. The highest BCUT2D eigenvalue weighted by Gasteiger charge is 2.31. The summed E-state index contributed by atoms with van der Waals surface area (Å²) in [4.78, 5) is 25.5. The number of carbonyl (C=O) groups excluding carboxylic acids is 2. The lowest BCUT2D eigenvalue weighted by atomic mass is 9.83. The van der Waals surface area contributed by atoms with Gasteiger partial charge in [0.2, 0.25) is 0 Å². The van der Waals surface area contributed by atoms with E-state index >= 15 is 0 Å². The molecule has 0 saturated carbocycles. The van der Waals surface area contributed by atoms with E-state index in [1.54, 1.807) is 30.3 Å². The number of rotatable bonds is 3. The summed E-state index contributed by atoms with van der Waals surface area (Å²) in [7, 11) is 0. The lowest BCUT2D eigenvalue weighted by molar-refractivity contribution is 0.0979. The van der Waals surface area contributed by atoms with Gasteiger partial charge in [-0.05, 0) is 18.9 Å². The van der Waals surface area contributed by atoms with Crippen molar-refractivity contribution < 1.29 is 14.3 Å². The quantitative estimate of drug-likeness (QED) is 0.808. The number of hydrogen-bond donors (Lipinski definition) is 1. The van der Waals surface area contributed by atoms with Crippen LogP contribution in [0.4, 0.5) is 5.69 Å². The zero-order chi connectivity index (χ0) is 15.8. The molecule has 0 bridgehead atoms. The Labute approximate surface area is 134 Å². The molecular formula is C19H17NO3. The van der Waals surface area contributed by atoms with E-state index in [-0.39, 0.29) is 17.7 Å². The van der Waals surface area contributed by atoms with Crippen molar-refractivity contribution in [3.63, 3.8) is 0 Å². The highest BCUT2D eigenvalue weighted by molar-refractivity contribution is 6.30. The molecule has 4 heteroatoms. The number of benzene rings is 2. The van der Waals surface area contributed by atoms with Crippen molar-refractivity contribution in [2.45, 2.75) is 18.9 Å². The third-order valence-corrected chi connectivity index (χ3v) is 4.50. The van der Waals surface area contributed by atoms with Gasteiger partial charge in [0.15, 0.2) is 11.6 Å². The molecule has 0 aromatic heterocycles. The van der Waals surface area contributed by atoms with Gasteiger partial charge in [-0.15, -0.1) is 0 Å². The maximum atomic E-state index is 12.8. The fraction of sp³-hybridized carbons (Fsp3) is 0.263. The summed E-state index contributed by atoms with van der Waals surface area (Å²) in [5.41, 5.74) is 2.64. The lowest BCUT2D eigenvalue weighted by Gasteiger charge is -2.21. The summed E-state index contributed by atoms with van der Waals surface area (Å²) in [6.07, 6.45) is 2.27. The molecule has 23 heavy (non-hydrogen) atoms. The predicted molar refractivity (Wildman–Crippen MR) is 87.2 cm³/mol. The van der Waals surface area contributed by atoms with Crippen LogP contribution in [0.3, 0.4) is 0 Å². The maximum Gasteiger partial charge on any atom is 0.196 e. The zero-order valence-corrected chi connectivity index (χ0v) is 12.7. The number of ketones is 2. The summed E-state index contributed by atoms with van der Waals surface area (Å²) in [6, 6.07) is 12.4. The summed E-state index contributed by atoms with van der Waals surface area (Å²) in [5, 5.41) is 3.30. The Kier molecular flexibility index (Phi) is 3.46. The first kappa shape index (κ1) is 14.2. The van der Waals surface area contributed by atoms with Crippen LogP contribution >= 0.6 is 0 Å². The third-order valence-electron chi connectivity index (χ3n) is 4.50. The average Bonchev–Trinajstić information content (AvgIpc) is 3.11. The number of fused-ring (bicyclic) bond motifs is 2. The van der Waals surface area contributed by atoms with Gasteiger partial charge >= 0.3 is 0 Å². The van der Waals surface area contributed by atoms with E-state index in [1.807, 2.05) is 12.1 Å². The number of anilines is 1. The summed E-state index contributed by atoms with van der Waals surface area (Å²) in [5.74, 6) is -0.179. The van der Waals surface area contributed by atoms with E-state index in [2.05, 4.69) is 5.32 Å². The summed E-state index contributed by atoms with van der Waals surface area (Å²) < 4.78 is 5.61. The minimum absolute atomic E-state index is 0.0871. The van der Waals surface area contributed by atoms with E-state index in [0.29, 0.717) is 34.5 Å². The normalized spacial score (nSPS) is 19.4. The first-order valence-corrected chi connectivity index (χ1v) is 7.92. The van der Waals surface area contributed by atoms with Crippen LogP contribution in [-0.4, -0.2) is 30.8 Å². The van der Waals surface area contributed by atoms with Crippen molar-refractivity contribution >= 4 is 17.3 Å². The van der Waals surface area contributed by atoms with Gasteiger partial charge in [0.05, 0.1) is 11.7 Å². The number of ether oxygens (including phenoxy) is 1. The summed E-state index contributed by atoms with van der Waals surface area (Å²) >= 11 is 0. The van der Waals surface area contributed by atoms with Crippen molar-refractivity contribution in [3.8, 4) is 0 Å². The van der Waals surface area contributed by atoms with Crippen LogP contribution in [0.15, 0.2) is 42.5 Å². The molecule has 2 aliphatic rings. The molecule has 0 spiro atoms. The lowest BCUT2D eigenvalue weighted by Crippen LogP contribution is -2.24. The van der Waals surface area contributed by atoms with E-state index in [9.17, 15) is 9.59 Å². The van der Waals surface area contributed by atoms with Gasteiger partial charge in [0.1, 0.15) is 0 Å². The zero-order valence-electron chi connectivity index (χ0n) is 12.7. The van der Waals surface area contributed by atoms with Crippen LogP contribution in [-0.2, 0) is 4.74 Å². The third kappa shape index (κ3) is 2.35. The monoisotopic (exact) mass is 307 g/mol. The van der Waals surface area contributed by atoms with Gasteiger partial charge in [-0.1, -0.05) is 36.4 Å². The van der Waals surface area contributed by atoms with Crippen LogP contribution in [0.2, 0.25) is 0 Å². The smallest absolute Gasteiger partial charge is 0.196 e. The molecule has 0 unspecified atom stereocenters. The van der Waals surface area contributed by atoms with Gasteiger partial charge < -0.3 is 10.1 Å². The number of nitrogens with one attached hydrogen (secondary N) is 1. The van der Waals surface area contributed by atoms with Crippen molar-refractivity contribution in [1.82, 2.24) is 0 Å². The van der Waals surface area contributed by atoms with Gasteiger partial charge in [0, 0.05) is 35.5 Å². The van der Waals surface area contributed by atoms with E-state index in [1.165, 1.54) is 0 Å². The van der Waals surface area contributed by atoms with Gasteiger partial charge in [-0.3, -0.25) is 9.59 Å². The first-order chi connectivity index (χ1) is 11.3. The molecule has 1 N–H and O–H groups in total. The molecule has 4 nitrogen and oxygen atoms in total. The minimum Gasteiger partial charge on any atom is -0.382 e. The molecule has 1 saturated heterocycles. The second kappa shape index (κ2) is 5.63. The highest BCUT2D eigenvalue weighted by atomic mass is 16.5. The molecule has 4 rings (SSSR count). The molecular weight excluding hydrogens is 290 g/mol. The van der Waals surface area contributed by atoms with Gasteiger partial charge in [0.25, 0.3) is 0 Å². The van der Waals surface area contributed by atoms with Crippen molar-refractivity contribution in [3.05, 3.63) is 64.7 Å². The minimum atomic E-state index is -0.0920. The molecule has 1 heterocycles. The Hall–Kier alpha value is -2.46. The Morgan fingerprint density at radius 3 is 2.43 bits per heavy atom. The largest absolute Gasteiger partial charge is 0.382 e. The fourth-order valence-corrected chi connectivity index (χ4v) is 3.32. The molecule has 1 atom stereocenters. The molecule has 0 radical (unpaired) electrons. The van der Waals surface area contributed by atoms with Crippen LogP contribution in [0, 0.1) is 0 Å². The molecule has 0 amide bonds. The van der Waals surface area contributed by atoms with E-state index < -0.39 is 0 Å². The van der Waals surface area contributed by atoms with E-state index in [4.69, 9.17) is 4.74 Å². The Morgan fingerprint density at radius 2 is 1.70 bits per heavy atom. The van der Waals surface area contributed by atoms with Gasteiger partial charge in [-0.2, -0.15) is 0 Å². The van der Waals surface area contributed by atoms with Crippen LogP contribution in [0.5, 0.6) is 0 Å². The summed E-state index contributed by atoms with van der Waals surface area (Å²) in [6.45, 7) is 1.45. The number of hydrogen-bond acceptors (Lipinski definition) is 4. The Bertz CT molecular complexity index is 791. The molecule has 1 aliphatic carbocycles. The van der Waals surface area contributed by atoms with Crippen LogP contribution < -0.4 is 5.32 Å². The van der Waals surface area contributed by atoms with Gasteiger partial charge in [-0.25, -0.2) is 0 Å². The van der Waals surface area contributed by atoms with Crippen molar-refractivity contribution in [1.29, 1.82) is 0 Å². The number of carbonyl (C=O) groups is 2. The van der Waals surface area contributed by atoms with Crippen molar-refractivity contribution in [2.75, 3.05) is 18.5 Å². The SMILES string of the molecule is O=C1c2ccccc2C(=O)c2c(NC[C@@H]3CCCO3)cccc21. The maximum absolute atomic E-state index is 12.8. The standard InChI is InChI=1S/C19H17NO3/c21-18-13-6-1-2-7-14(13)19(22)17-15(18)8-3-9-16(17)20-11-12-5-4-10-23-12/h1-3,6-9,12,20H,4-5,10-11H2/t12-/m0/s1. The Balaban J connectivity index is 1.71. The van der Waals surface area contributed by atoms with E-state index in [0.717, 1.165) is 19.4 Å². The topological polar surface area (TPSA) is 55.4 Å². The predicted octanol–water partition coefficient (Wildman–Crippen LogP) is 3.05. The first-order valence-electron chi connectivity index (χ1n) is 7.92. The average molecular weight is 307 g/mol. The second-order valence-electron chi connectivity index (χ2n) is 5.95. The molecule has 1 aliphatic heterocycles. The fourth-order valence-electron chi connectivity index (χ4n) is 3.32. The molecule has 1 fully saturated rings. The Morgan fingerprint density at radius 1 is 0.957 bits per heavy atom. The second-order valence-corrected chi connectivity index (χ2v) is 5.95. The van der Waals surface area contributed by atoms with Crippen LogP contribution in [0.1, 0.15) is 44.7 Å². The highest BCUT2D eigenvalue weighted by Crippen LogP contribution is 2.32. The van der Waals surface area contributed by atoms with Crippen molar-refractivity contribution in [2.24, 2.45) is 0 Å². The molecule has 116 valence electrons.